The first-order valence-electron chi connectivity index (χ1n) is 7.53. The Bertz CT molecular complexity index is 651. The molecule has 0 aromatic heterocycles. The molecule has 7 heteroatoms. The van der Waals surface area contributed by atoms with Gasteiger partial charge in [-0.3, -0.25) is 0 Å². The minimum atomic E-state index is -3.27. The predicted octanol–water partition coefficient (Wildman–Crippen LogP) is 4.64. The third-order valence-corrected chi connectivity index (χ3v) is 10.2. The van der Waals surface area contributed by atoms with Crippen LogP contribution < -0.4 is 4.74 Å². The van der Waals surface area contributed by atoms with Crippen LogP contribution in [0.2, 0.25) is 18.1 Å². The molecule has 0 saturated heterocycles. The van der Waals surface area contributed by atoms with Gasteiger partial charge in [-0.15, -0.1) is 0 Å². The summed E-state index contributed by atoms with van der Waals surface area (Å²) >= 11 is 3.32. The zero-order valence-electron chi connectivity index (χ0n) is 14.9. The highest BCUT2D eigenvalue weighted by molar-refractivity contribution is 9.10. The standard InChI is InChI=1S/C16H27BrO4SSi/c1-12(21-23(6,7)16(2,3)4)11-20-14-8-13(17)9-15(10-14)22(5,18)19/h8-10,12H,11H2,1-7H3/t12-/m1/s1. The van der Waals surface area contributed by atoms with Crippen LogP contribution in [0.4, 0.5) is 0 Å². The van der Waals surface area contributed by atoms with Crippen LogP contribution in [0.25, 0.3) is 0 Å². The predicted molar refractivity (Wildman–Crippen MR) is 100 cm³/mol. The Morgan fingerprint density at radius 3 is 2.26 bits per heavy atom. The summed E-state index contributed by atoms with van der Waals surface area (Å²) in [6.45, 7) is 13.3. The fourth-order valence-corrected chi connectivity index (χ4v) is 4.48. The monoisotopic (exact) mass is 422 g/mol. The van der Waals surface area contributed by atoms with Crippen LogP contribution in [0.3, 0.4) is 0 Å². The molecule has 23 heavy (non-hydrogen) atoms. The summed E-state index contributed by atoms with van der Waals surface area (Å²) < 4.78 is 36.0. The van der Waals surface area contributed by atoms with Crippen molar-refractivity contribution >= 4 is 34.1 Å². The summed E-state index contributed by atoms with van der Waals surface area (Å²) in [5, 5.41) is 0.139. The van der Waals surface area contributed by atoms with Gasteiger partial charge in [0, 0.05) is 10.7 Å². The van der Waals surface area contributed by atoms with Crippen LogP contribution in [-0.4, -0.2) is 35.7 Å². The van der Waals surface area contributed by atoms with E-state index in [0.29, 0.717) is 16.8 Å². The van der Waals surface area contributed by atoms with Crippen LogP contribution in [0.1, 0.15) is 27.7 Å². The molecular weight excluding hydrogens is 396 g/mol. The maximum absolute atomic E-state index is 11.7. The van der Waals surface area contributed by atoms with Crippen molar-refractivity contribution < 1.29 is 17.6 Å². The first kappa shape index (κ1) is 20.7. The summed E-state index contributed by atoms with van der Waals surface area (Å²) in [5.74, 6) is 0.519. The van der Waals surface area contributed by atoms with Crippen molar-refractivity contribution in [1.82, 2.24) is 0 Å². The highest BCUT2D eigenvalue weighted by Crippen LogP contribution is 2.37. The van der Waals surface area contributed by atoms with Gasteiger partial charge in [-0.25, -0.2) is 8.42 Å². The van der Waals surface area contributed by atoms with Crippen molar-refractivity contribution in [3.63, 3.8) is 0 Å². The van der Waals surface area contributed by atoms with E-state index >= 15 is 0 Å². The van der Waals surface area contributed by atoms with Gasteiger partial charge in [0.25, 0.3) is 0 Å². The van der Waals surface area contributed by atoms with Gasteiger partial charge in [-0.1, -0.05) is 36.7 Å². The Morgan fingerprint density at radius 2 is 1.78 bits per heavy atom. The number of hydrogen-bond acceptors (Lipinski definition) is 4. The normalized spacial score (nSPS) is 14.6. The lowest BCUT2D eigenvalue weighted by molar-refractivity contribution is 0.129. The Hall–Kier alpha value is -0.373. The van der Waals surface area contributed by atoms with Gasteiger partial charge in [-0.2, -0.15) is 0 Å². The minimum Gasteiger partial charge on any atom is -0.491 e. The first-order valence-corrected chi connectivity index (χ1v) is 13.1. The van der Waals surface area contributed by atoms with E-state index in [4.69, 9.17) is 9.16 Å². The topological polar surface area (TPSA) is 52.6 Å². The number of benzene rings is 1. The second-order valence-electron chi connectivity index (χ2n) is 7.39. The van der Waals surface area contributed by atoms with Crippen molar-refractivity contribution in [2.75, 3.05) is 12.9 Å². The van der Waals surface area contributed by atoms with Crippen molar-refractivity contribution in [1.29, 1.82) is 0 Å². The van der Waals surface area contributed by atoms with E-state index in [1.807, 2.05) is 6.92 Å². The Morgan fingerprint density at radius 1 is 1.22 bits per heavy atom. The quantitative estimate of drug-likeness (QED) is 0.626. The number of sulfone groups is 1. The molecule has 0 saturated carbocycles. The number of halogens is 1. The van der Waals surface area contributed by atoms with Crippen LogP contribution in [0, 0.1) is 0 Å². The second-order valence-corrected chi connectivity index (χ2v) is 15.1. The summed E-state index contributed by atoms with van der Waals surface area (Å²) in [5.41, 5.74) is 0. The van der Waals surface area contributed by atoms with Crippen LogP contribution >= 0.6 is 15.9 Å². The SMILES string of the molecule is C[C@H](COc1cc(Br)cc(S(C)(=O)=O)c1)O[Si](C)(C)C(C)(C)C. The lowest BCUT2D eigenvalue weighted by atomic mass is 10.2. The largest absolute Gasteiger partial charge is 0.491 e. The van der Waals surface area contributed by atoms with Crippen molar-refractivity contribution in [3.8, 4) is 5.75 Å². The third kappa shape index (κ3) is 6.21. The highest BCUT2D eigenvalue weighted by Gasteiger charge is 2.38. The molecular formula is C16H27BrO4SSi. The molecule has 0 spiro atoms. The lowest BCUT2D eigenvalue weighted by Gasteiger charge is -2.38. The van der Waals surface area contributed by atoms with E-state index in [0.717, 1.165) is 0 Å². The van der Waals surface area contributed by atoms with Gasteiger partial charge in [0.05, 0.1) is 11.0 Å². The van der Waals surface area contributed by atoms with Crippen LogP contribution in [0.5, 0.6) is 5.75 Å². The zero-order chi connectivity index (χ0) is 18.1. The van der Waals surface area contributed by atoms with Gasteiger partial charge < -0.3 is 9.16 Å². The average Bonchev–Trinajstić information content (AvgIpc) is 2.32. The molecule has 0 N–H and O–H groups in total. The van der Waals surface area contributed by atoms with E-state index in [2.05, 4.69) is 49.8 Å². The fraction of sp³-hybridized carbons (Fsp3) is 0.625. The second kappa shape index (κ2) is 7.25. The Labute approximate surface area is 149 Å². The summed E-state index contributed by atoms with van der Waals surface area (Å²) in [6, 6.07) is 4.87. The zero-order valence-corrected chi connectivity index (χ0v) is 18.3. The Kier molecular flexibility index (Phi) is 6.52. The number of hydrogen-bond donors (Lipinski definition) is 0. The van der Waals surface area contributed by atoms with E-state index in [9.17, 15) is 8.42 Å². The molecule has 0 unspecified atom stereocenters. The summed E-state index contributed by atoms with van der Waals surface area (Å²) in [7, 11) is -5.11. The molecule has 0 heterocycles. The maximum atomic E-state index is 11.7. The molecule has 132 valence electrons. The van der Waals surface area contributed by atoms with Gasteiger partial charge in [0.1, 0.15) is 12.4 Å². The smallest absolute Gasteiger partial charge is 0.192 e. The summed E-state index contributed by atoms with van der Waals surface area (Å²) in [4.78, 5) is 0.236. The number of ether oxygens (including phenoxy) is 1. The van der Waals surface area contributed by atoms with E-state index < -0.39 is 18.2 Å². The molecule has 0 radical (unpaired) electrons. The fourth-order valence-electron chi connectivity index (χ4n) is 1.76. The third-order valence-electron chi connectivity index (χ3n) is 4.06. The van der Waals surface area contributed by atoms with Gasteiger partial charge >= 0.3 is 0 Å². The van der Waals surface area contributed by atoms with Crippen LogP contribution in [-0.2, 0) is 14.3 Å². The molecule has 0 amide bonds. The first-order chi connectivity index (χ1) is 10.2. The van der Waals surface area contributed by atoms with E-state index in [-0.39, 0.29) is 16.0 Å². The van der Waals surface area contributed by atoms with Crippen LogP contribution in [0.15, 0.2) is 27.6 Å². The van der Waals surface area contributed by atoms with E-state index in [1.54, 1.807) is 18.2 Å². The van der Waals surface area contributed by atoms with Gasteiger partial charge in [0.15, 0.2) is 18.2 Å². The van der Waals surface area contributed by atoms with Crippen molar-refractivity contribution in [2.45, 2.75) is 56.8 Å². The molecule has 0 aliphatic heterocycles. The summed E-state index contributed by atoms with van der Waals surface area (Å²) in [6.07, 6.45) is 1.12. The van der Waals surface area contributed by atoms with Crippen molar-refractivity contribution in [3.05, 3.63) is 22.7 Å². The molecule has 1 aromatic carbocycles. The minimum absolute atomic E-state index is 0.0587. The highest BCUT2D eigenvalue weighted by atomic mass is 79.9. The van der Waals surface area contributed by atoms with Crippen molar-refractivity contribution in [2.24, 2.45) is 0 Å². The molecule has 4 nitrogen and oxygen atoms in total. The maximum Gasteiger partial charge on any atom is 0.192 e. The molecule has 1 rings (SSSR count). The molecule has 0 aliphatic rings. The average molecular weight is 423 g/mol. The molecule has 1 atom stereocenters. The molecule has 0 aliphatic carbocycles. The lowest BCUT2D eigenvalue weighted by Crippen LogP contribution is -2.44. The number of rotatable bonds is 6. The van der Waals surface area contributed by atoms with Gasteiger partial charge in [-0.05, 0) is 43.3 Å². The van der Waals surface area contributed by atoms with Gasteiger partial charge in [0.2, 0.25) is 0 Å². The molecule has 0 fully saturated rings. The molecule has 1 aromatic rings. The van der Waals surface area contributed by atoms with E-state index in [1.165, 1.54) is 6.26 Å². The molecule has 0 bridgehead atoms. The Balaban J connectivity index is 2.78.